The molecule has 25 heavy (non-hydrogen) atoms. The number of nitrogens with one attached hydrogen (secondary N) is 1. The van der Waals surface area contributed by atoms with E-state index in [1.807, 2.05) is 24.3 Å². The SMILES string of the molecule is COc1ccc(-c2ccc(-c3nc4ccccc4[nH]3)o2)c([N+](=O)[O-])c1. The molecule has 2 aromatic carbocycles. The third-order valence-corrected chi connectivity index (χ3v) is 3.90. The van der Waals surface area contributed by atoms with E-state index in [-0.39, 0.29) is 5.69 Å². The zero-order valence-corrected chi connectivity index (χ0v) is 13.2. The molecule has 7 heteroatoms. The zero-order chi connectivity index (χ0) is 17.4. The van der Waals surface area contributed by atoms with E-state index in [1.54, 1.807) is 24.3 Å². The number of H-pyrrole nitrogens is 1. The molecule has 0 saturated heterocycles. The fourth-order valence-electron chi connectivity index (χ4n) is 2.68. The van der Waals surface area contributed by atoms with Gasteiger partial charge in [-0.15, -0.1) is 0 Å². The summed E-state index contributed by atoms with van der Waals surface area (Å²) in [6.45, 7) is 0. The first-order valence-electron chi connectivity index (χ1n) is 7.53. The lowest BCUT2D eigenvalue weighted by atomic mass is 10.1. The number of fused-ring (bicyclic) bond motifs is 1. The number of rotatable bonds is 4. The number of hydrogen-bond acceptors (Lipinski definition) is 5. The number of nitro groups is 1. The molecule has 0 atom stereocenters. The first-order valence-corrected chi connectivity index (χ1v) is 7.53. The maximum atomic E-state index is 11.3. The minimum Gasteiger partial charge on any atom is -0.497 e. The second-order valence-electron chi connectivity index (χ2n) is 5.41. The van der Waals surface area contributed by atoms with E-state index in [0.29, 0.717) is 28.7 Å². The Bertz CT molecular complexity index is 1050. The molecule has 2 heterocycles. The summed E-state index contributed by atoms with van der Waals surface area (Å²) in [5.41, 5.74) is 2.02. The number of ether oxygens (including phenoxy) is 1. The molecular weight excluding hydrogens is 322 g/mol. The van der Waals surface area contributed by atoms with Gasteiger partial charge in [-0.05, 0) is 36.4 Å². The number of nitrogens with zero attached hydrogens (tertiary/aromatic N) is 2. The highest BCUT2D eigenvalue weighted by atomic mass is 16.6. The Kier molecular flexibility index (Phi) is 3.46. The summed E-state index contributed by atoms with van der Waals surface area (Å²) in [5.74, 6) is 1.89. The van der Waals surface area contributed by atoms with Gasteiger partial charge in [0.15, 0.2) is 11.6 Å². The van der Waals surface area contributed by atoms with Crippen molar-refractivity contribution < 1.29 is 14.1 Å². The molecule has 0 amide bonds. The first kappa shape index (κ1) is 14.9. The van der Waals surface area contributed by atoms with Crippen LogP contribution in [0.3, 0.4) is 0 Å². The molecule has 0 aliphatic rings. The van der Waals surface area contributed by atoms with Gasteiger partial charge in [0, 0.05) is 0 Å². The van der Waals surface area contributed by atoms with Crippen LogP contribution in [0.4, 0.5) is 5.69 Å². The minimum absolute atomic E-state index is 0.0788. The van der Waals surface area contributed by atoms with Crippen molar-refractivity contribution >= 4 is 16.7 Å². The average Bonchev–Trinajstić information content (AvgIpc) is 3.27. The fraction of sp³-hybridized carbons (Fsp3) is 0.0556. The second-order valence-corrected chi connectivity index (χ2v) is 5.41. The monoisotopic (exact) mass is 335 g/mol. The van der Waals surface area contributed by atoms with Crippen LogP contribution < -0.4 is 4.74 Å². The van der Waals surface area contributed by atoms with Crippen LogP contribution in [0, 0.1) is 10.1 Å². The smallest absolute Gasteiger partial charge is 0.284 e. The van der Waals surface area contributed by atoms with Gasteiger partial charge in [0.05, 0.1) is 34.7 Å². The van der Waals surface area contributed by atoms with Crippen molar-refractivity contribution in [2.45, 2.75) is 0 Å². The van der Waals surface area contributed by atoms with Crippen molar-refractivity contribution in [3.63, 3.8) is 0 Å². The van der Waals surface area contributed by atoms with E-state index in [9.17, 15) is 10.1 Å². The Hall–Kier alpha value is -3.61. The standard InChI is InChI=1S/C18H13N3O4/c1-24-11-6-7-12(15(10-11)21(22)23)16-8-9-17(25-16)18-19-13-4-2-3-5-14(13)20-18/h2-10H,1H3,(H,19,20). The quantitative estimate of drug-likeness (QED) is 0.440. The molecular formula is C18H13N3O4. The van der Waals surface area contributed by atoms with E-state index in [2.05, 4.69) is 9.97 Å². The van der Waals surface area contributed by atoms with Crippen molar-refractivity contribution in [2.24, 2.45) is 0 Å². The Labute approximate surface area is 142 Å². The van der Waals surface area contributed by atoms with Gasteiger partial charge in [0.25, 0.3) is 5.69 Å². The van der Waals surface area contributed by atoms with Gasteiger partial charge in [-0.2, -0.15) is 0 Å². The molecule has 0 fully saturated rings. The number of aromatic amines is 1. The summed E-state index contributed by atoms with van der Waals surface area (Å²) in [6, 6.07) is 15.7. The summed E-state index contributed by atoms with van der Waals surface area (Å²) in [5, 5.41) is 11.3. The highest BCUT2D eigenvalue weighted by Gasteiger charge is 2.20. The molecule has 0 bridgehead atoms. The maximum absolute atomic E-state index is 11.3. The van der Waals surface area contributed by atoms with Crippen LogP contribution in [-0.4, -0.2) is 22.0 Å². The predicted molar refractivity (Wildman–Crippen MR) is 92.4 cm³/mol. The Morgan fingerprint density at radius 1 is 1.12 bits per heavy atom. The molecule has 0 spiro atoms. The number of benzene rings is 2. The third kappa shape index (κ3) is 2.61. The Balaban J connectivity index is 1.77. The lowest BCUT2D eigenvalue weighted by Gasteiger charge is -2.03. The fourth-order valence-corrected chi connectivity index (χ4v) is 2.68. The van der Waals surface area contributed by atoms with Gasteiger partial charge in [0.1, 0.15) is 11.5 Å². The normalized spacial score (nSPS) is 10.9. The van der Waals surface area contributed by atoms with Crippen molar-refractivity contribution in [1.29, 1.82) is 0 Å². The predicted octanol–water partition coefficient (Wildman–Crippen LogP) is 4.41. The van der Waals surface area contributed by atoms with Gasteiger partial charge < -0.3 is 14.1 Å². The van der Waals surface area contributed by atoms with Crippen molar-refractivity contribution in [3.05, 3.63) is 64.7 Å². The van der Waals surface area contributed by atoms with E-state index in [4.69, 9.17) is 9.15 Å². The molecule has 0 unspecified atom stereocenters. The molecule has 0 aliphatic heterocycles. The number of aromatic nitrogens is 2. The topological polar surface area (TPSA) is 94.2 Å². The largest absolute Gasteiger partial charge is 0.497 e. The molecule has 7 nitrogen and oxygen atoms in total. The van der Waals surface area contributed by atoms with Crippen LogP contribution >= 0.6 is 0 Å². The summed E-state index contributed by atoms with van der Waals surface area (Å²) in [6.07, 6.45) is 0. The molecule has 124 valence electrons. The summed E-state index contributed by atoms with van der Waals surface area (Å²) >= 11 is 0. The number of methoxy groups -OCH3 is 1. The van der Waals surface area contributed by atoms with Crippen molar-refractivity contribution in [2.75, 3.05) is 7.11 Å². The van der Waals surface area contributed by atoms with Gasteiger partial charge in [-0.1, -0.05) is 12.1 Å². The zero-order valence-electron chi connectivity index (χ0n) is 13.2. The summed E-state index contributed by atoms with van der Waals surface area (Å²) < 4.78 is 10.9. The number of hydrogen-bond donors (Lipinski definition) is 1. The van der Waals surface area contributed by atoms with Crippen LogP contribution in [0.15, 0.2) is 59.0 Å². The number of imidazole rings is 1. The highest BCUT2D eigenvalue weighted by molar-refractivity contribution is 5.79. The second kappa shape index (κ2) is 5.79. The van der Waals surface area contributed by atoms with E-state index in [1.165, 1.54) is 13.2 Å². The van der Waals surface area contributed by atoms with Gasteiger partial charge >= 0.3 is 0 Å². The van der Waals surface area contributed by atoms with Gasteiger partial charge in [-0.25, -0.2) is 4.98 Å². The molecule has 4 aromatic rings. The molecule has 1 N–H and O–H groups in total. The summed E-state index contributed by atoms with van der Waals surface area (Å²) in [7, 11) is 1.46. The molecule has 0 aliphatic carbocycles. The Morgan fingerprint density at radius 3 is 2.68 bits per heavy atom. The molecule has 0 saturated carbocycles. The first-order chi connectivity index (χ1) is 12.2. The highest BCUT2D eigenvalue weighted by Crippen LogP contribution is 2.35. The lowest BCUT2D eigenvalue weighted by molar-refractivity contribution is -0.384. The van der Waals surface area contributed by atoms with E-state index in [0.717, 1.165) is 11.0 Å². The number of para-hydroxylation sites is 2. The van der Waals surface area contributed by atoms with Gasteiger partial charge in [-0.3, -0.25) is 10.1 Å². The van der Waals surface area contributed by atoms with E-state index < -0.39 is 4.92 Å². The van der Waals surface area contributed by atoms with Crippen LogP contribution in [0.2, 0.25) is 0 Å². The lowest BCUT2D eigenvalue weighted by Crippen LogP contribution is -1.93. The Morgan fingerprint density at radius 2 is 1.92 bits per heavy atom. The minimum atomic E-state index is -0.457. The van der Waals surface area contributed by atoms with Crippen molar-refractivity contribution in [1.82, 2.24) is 9.97 Å². The number of furan rings is 1. The van der Waals surface area contributed by atoms with Crippen LogP contribution in [0.1, 0.15) is 0 Å². The molecule has 0 radical (unpaired) electrons. The summed E-state index contributed by atoms with van der Waals surface area (Å²) in [4.78, 5) is 18.5. The van der Waals surface area contributed by atoms with Crippen LogP contribution in [0.25, 0.3) is 33.9 Å². The van der Waals surface area contributed by atoms with Crippen LogP contribution in [0.5, 0.6) is 5.75 Å². The average molecular weight is 335 g/mol. The van der Waals surface area contributed by atoms with Gasteiger partial charge in [0.2, 0.25) is 0 Å². The molecule has 4 rings (SSSR count). The van der Waals surface area contributed by atoms with Crippen LogP contribution in [-0.2, 0) is 0 Å². The number of nitro benzene ring substituents is 1. The maximum Gasteiger partial charge on any atom is 0.284 e. The van der Waals surface area contributed by atoms with E-state index >= 15 is 0 Å². The third-order valence-electron chi connectivity index (χ3n) is 3.90. The molecule has 2 aromatic heterocycles. The van der Waals surface area contributed by atoms with Crippen molar-refractivity contribution in [3.8, 4) is 28.7 Å².